The maximum Gasteiger partial charge on any atom is 0.460 e. The topological polar surface area (TPSA) is 105 Å². The second-order valence-electron chi connectivity index (χ2n) is 6.13. The number of halogens is 3. The molecular weight excluding hydrogens is 395 g/mol. The SMILES string of the molecule is CCC(CC)N1C(=O)c2cccc(NN=C(OC(C)=O)C(=O)C(F)(F)F)c2C1=O. The van der Waals surface area contributed by atoms with Crippen molar-refractivity contribution < 1.29 is 37.1 Å². The van der Waals surface area contributed by atoms with Crippen LogP contribution < -0.4 is 5.43 Å². The average Bonchev–Trinajstić information content (AvgIpc) is 2.90. The minimum atomic E-state index is -5.33. The highest BCUT2D eigenvalue weighted by Gasteiger charge is 2.44. The van der Waals surface area contributed by atoms with E-state index in [-0.39, 0.29) is 22.9 Å². The summed E-state index contributed by atoms with van der Waals surface area (Å²) in [6.07, 6.45) is -4.27. The van der Waals surface area contributed by atoms with Crippen molar-refractivity contribution in [3.63, 3.8) is 0 Å². The van der Waals surface area contributed by atoms with E-state index in [2.05, 4.69) is 15.3 Å². The lowest BCUT2D eigenvalue weighted by Crippen LogP contribution is -2.39. The number of hydrogen-bond donors (Lipinski definition) is 1. The Labute approximate surface area is 163 Å². The largest absolute Gasteiger partial charge is 0.460 e. The first-order chi connectivity index (χ1) is 13.5. The van der Waals surface area contributed by atoms with Crippen LogP contribution >= 0.6 is 0 Å². The standard InChI is InChI=1S/C18H18F3N3O5/c1-4-10(5-2)24-16(27)11-7-6-8-12(13(11)17(24)28)22-23-15(29-9(3)25)14(26)18(19,20)21/h6-8,10,22H,4-5H2,1-3H3. The van der Waals surface area contributed by atoms with E-state index in [0.717, 1.165) is 11.8 Å². The molecule has 0 atom stereocenters. The number of ketones is 1. The van der Waals surface area contributed by atoms with Crippen molar-refractivity contribution in [1.82, 2.24) is 4.90 Å². The number of alkyl halides is 3. The number of anilines is 1. The second-order valence-corrected chi connectivity index (χ2v) is 6.13. The third kappa shape index (κ3) is 4.44. The Hall–Kier alpha value is -3.24. The van der Waals surface area contributed by atoms with Crippen LogP contribution in [0.5, 0.6) is 0 Å². The molecule has 0 saturated heterocycles. The number of carbonyl (C=O) groups excluding carboxylic acids is 4. The molecule has 1 aromatic rings. The van der Waals surface area contributed by atoms with E-state index in [9.17, 15) is 32.3 Å². The summed E-state index contributed by atoms with van der Waals surface area (Å²) in [4.78, 5) is 48.9. The molecule has 11 heteroatoms. The van der Waals surface area contributed by atoms with Crippen LogP contribution in [0, 0.1) is 0 Å². The number of amides is 2. The summed E-state index contributed by atoms with van der Waals surface area (Å²) in [7, 11) is 0. The molecule has 2 amide bonds. The van der Waals surface area contributed by atoms with Gasteiger partial charge in [0.2, 0.25) is 0 Å². The van der Waals surface area contributed by atoms with Gasteiger partial charge < -0.3 is 4.74 Å². The molecule has 8 nitrogen and oxygen atoms in total. The molecule has 0 aliphatic carbocycles. The third-order valence-electron chi connectivity index (χ3n) is 4.22. The van der Waals surface area contributed by atoms with Crippen LogP contribution in [0.1, 0.15) is 54.3 Å². The number of hydrazone groups is 1. The fourth-order valence-electron chi connectivity index (χ4n) is 2.87. The lowest BCUT2D eigenvalue weighted by atomic mass is 10.1. The maximum absolute atomic E-state index is 12.8. The third-order valence-corrected chi connectivity index (χ3v) is 4.22. The van der Waals surface area contributed by atoms with Crippen LogP contribution in [0.4, 0.5) is 18.9 Å². The molecule has 2 rings (SSSR count). The van der Waals surface area contributed by atoms with Crippen molar-refractivity contribution in [2.24, 2.45) is 5.10 Å². The summed E-state index contributed by atoms with van der Waals surface area (Å²) in [5, 5.41) is 3.22. The highest BCUT2D eigenvalue weighted by molar-refractivity contribution is 6.40. The van der Waals surface area contributed by atoms with Gasteiger partial charge in [0.25, 0.3) is 17.7 Å². The molecule has 0 spiro atoms. The predicted molar refractivity (Wildman–Crippen MR) is 95.2 cm³/mol. The van der Waals surface area contributed by atoms with Crippen molar-refractivity contribution in [2.45, 2.75) is 45.8 Å². The molecule has 0 aromatic heterocycles. The Kier molecular flexibility index (Phi) is 6.40. The Balaban J connectivity index is 2.43. The molecule has 0 fully saturated rings. The van der Waals surface area contributed by atoms with E-state index in [1.54, 1.807) is 0 Å². The molecule has 156 valence electrons. The van der Waals surface area contributed by atoms with Gasteiger partial charge in [0.05, 0.1) is 16.8 Å². The number of esters is 1. The van der Waals surface area contributed by atoms with Crippen LogP contribution in [0.2, 0.25) is 0 Å². The van der Waals surface area contributed by atoms with Crippen LogP contribution in [-0.4, -0.2) is 46.6 Å². The van der Waals surface area contributed by atoms with Gasteiger partial charge in [0, 0.05) is 13.0 Å². The van der Waals surface area contributed by atoms with Gasteiger partial charge >= 0.3 is 17.9 Å². The number of imide groups is 1. The van der Waals surface area contributed by atoms with Gasteiger partial charge in [-0.1, -0.05) is 19.9 Å². The molecule has 1 aliphatic rings. The monoisotopic (exact) mass is 413 g/mol. The van der Waals surface area contributed by atoms with Gasteiger partial charge in [-0.15, -0.1) is 5.10 Å². The molecule has 1 aliphatic heterocycles. The zero-order valence-corrected chi connectivity index (χ0v) is 15.8. The van der Waals surface area contributed by atoms with Gasteiger partial charge in [0.15, 0.2) is 0 Å². The summed E-state index contributed by atoms with van der Waals surface area (Å²) < 4.78 is 42.3. The molecule has 1 aromatic carbocycles. The summed E-state index contributed by atoms with van der Waals surface area (Å²) in [6.45, 7) is 4.43. The lowest BCUT2D eigenvalue weighted by Gasteiger charge is -2.23. The van der Waals surface area contributed by atoms with Gasteiger partial charge in [-0.2, -0.15) is 13.2 Å². The number of Topliss-reactive ketones (excluding diaryl/α,β-unsaturated/α-hetero) is 1. The van der Waals surface area contributed by atoms with E-state index in [1.807, 2.05) is 13.8 Å². The van der Waals surface area contributed by atoms with Gasteiger partial charge in [0.1, 0.15) is 0 Å². The number of benzene rings is 1. The van der Waals surface area contributed by atoms with E-state index in [1.165, 1.54) is 18.2 Å². The first-order valence-corrected chi connectivity index (χ1v) is 8.67. The molecular formula is C18H18F3N3O5. The fraction of sp³-hybridized carbons (Fsp3) is 0.389. The second kappa shape index (κ2) is 8.41. The Morgan fingerprint density at radius 2 is 1.79 bits per heavy atom. The molecule has 0 saturated carbocycles. The smallest absolute Gasteiger partial charge is 0.402 e. The summed E-state index contributed by atoms with van der Waals surface area (Å²) in [6, 6.07) is 3.76. The van der Waals surface area contributed by atoms with E-state index < -0.39 is 35.6 Å². The van der Waals surface area contributed by atoms with Crippen molar-refractivity contribution in [3.05, 3.63) is 29.3 Å². The normalized spacial score (nSPS) is 14.3. The van der Waals surface area contributed by atoms with E-state index in [4.69, 9.17) is 0 Å². The van der Waals surface area contributed by atoms with Crippen LogP contribution in [-0.2, 0) is 14.3 Å². The van der Waals surface area contributed by atoms with Crippen molar-refractivity contribution in [3.8, 4) is 0 Å². The molecule has 0 unspecified atom stereocenters. The minimum Gasteiger partial charge on any atom is -0.402 e. The number of nitrogens with one attached hydrogen (secondary N) is 1. The highest BCUT2D eigenvalue weighted by atomic mass is 19.4. The molecule has 29 heavy (non-hydrogen) atoms. The minimum absolute atomic E-state index is 0.0540. The molecule has 0 bridgehead atoms. The summed E-state index contributed by atoms with van der Waals surface area (Å²) >= 11 is 0. The van der Waals surface area contributed by atoms with E-state index in [0.29, 0.717) is 12.8 Å². The van der Waals surface area contributed by atoms with Gasteiger partial charge in [-0.25, -0.2) is 0 Å². The number of rotatable bonds is 6. The Bertz CT molecular complexity index is 891. The summed E-state index contributed by atoms with van der Waals surface area (Å²) in [5.41, 5.74) is 2.00. The number of nitrogens with zero attached hydrogens (tertiary/aromatic N) is 2. The van der Waals surface area contributed by atoms with E-state index >= 15 is 0 Å². The number of carbonyl (C=O) groups is 4. The lowest BCUT2D eigenvalue weighted by molar-refractivity contribution is -0.165. The van der Waals surface area contributed by atoms with Gasteiger partial charge in [-0.05, 0) is 25.0 Å². The van der Waals surface area contributed by atoms with Crippen molar-refractivity contribution >= 4 is 35.2 Å². The number of fused-ring (bicyclic) bond motifs is 1. The first kappa shape index (κ1) is 22.1. The Morgan fingerprint density at radius 3 is 2.31 bits per heavy atom. The predicted octanol–water partition coefficient (Wildman–Crippen LogP) is 2.89. The first-order valence-electron chi connectivity index (χ1n) is 8.67. The van der Waals surface area contributed by atoms with Crippen molar-refractivity contribution in [1.29, 1.82) is 0 Å². The molecule has 1 heterocycles. The quantitative estimate of drug-likeness (QED) is 0.253. The Morgan fingerprint density at radius 1 is 1.17 bits per heavy atom. The number of hydrogen-bond acceptors (Lipinski definition) is 7. The molecule has 0 radical (unpaired) electrons. The molecule has 1 N–H and O–H groups in total. The fourth-order valence-corrected chi connectivity index (χ4v) is 2.87. The zero-order valence-electron chi connectivity index (χ0n) is 15.8. The van der Waals surface area contributed by atoms with Gasteiger partial charge in [-0.3, -0.25) is 29.5 Å². The van der Waals surface area contributed by atoms with Crippen molar-refractivity contribution in [2.75, 3.05) is 5.43 Å². The average molecular weight is 413 g/mol. The summed E-state index contributed by atoms with van der Waals surface area (Å²) in [5.74, 6) is -6.36. The van der Waals surface area contributed by atoms with Crippen LogP contribution in [0.3, 0.4) is 0 Å². The van der Waals surface area contributed by atoms with Crippen LogP contribution in [0.15, 0.2) is 23.3 Å². The highest BCUT2D eigenvalue weighted by Crippen LogP contribution is 2.32. The zero-order chi connectivity index (χ0) is 21.9. The maximum atomic E-state index is 12.8. The van der Waals surface area contributed by atoms with Crippen LogP contribution in [0.25, 0.3) is 0 Å². The number of ether oxygens (including phenoxy) is 1.